The molecule has 3 rings (SSSR count). The summed E-state index contributed by atoms with van der Waals surface area (Å²) in [6, 6.07) is 7.55. The highest BCUT2D eigenvalue weighted by molar-refractivity contribution is 5.95. The molecule has 0 aliphatic carbocycles. The molecule has 0 radical (unpaired) electrons. The molecule has 0 spiro atoms. The number of carbonyl (C=O) groups is 2. The van der Waals surface area contributed by atoms with Crippen molar-refractivity contribution >= 4 is 11.7 Å². The van der Waals surface area contributed by atoms with E-state index < -0.39 is 0 Å². The second-order valence-corrected chi connectivity index (χ2v) is 6.26. The zero-order valence-electron chi connectivity index (χ0n) is 13.7. The van der Waals surface area contributed by atoms with Crippen molar-refractivity contribution in [3.8, 4) is 5.75 Å². The molecule has 2 aliphatic heterocycles. The van der Waals surface area contributed by atoms with Gasteiger partial charge in [0.2, 0.25) is 0 Å². The molecule has 5 heteroatoms. The largest absolute Gasteiger partial charge is 0.484 e. The molecule has 1 amide bonds. The second-order valence-electron chi connectivity index (χ2n) is 6.26. The standard InChI is InChI=1S/C18H24N2O3/c1-2-17(21)14-5-7-16(8-6-14)23-13-18(22)20-11-10-19-9-3-4-15(19)12-20/h5-8,15H,2-4,9-13H2,1H3/t15-/m1/s1. The van der Waals surface area contributed by atoms with Crippen LogP contribution in [-0.2, 0) is 4.79 Å². The van der Waals surface area contributed by atoms with Crippen molar-refractivity contribution in [2.45, 2.75) is 32.2 Å². The van der Waals surface area contributed by atoms with E-state index in [9.17, 15) is 9.59 Å². The summed E-state index contributed by atoms with van der Waals surface area (Å²) in [7, 11) is 0. The number of piperazine rings is 1. The molecule has 0 bridgehead atoms. The zero-order chi connectivity index (χ0) is 16.2. The predicted octanol–water partition coefficient (Wildman–Crippen LogP) is 1.96. The Balaban J connectivity index is 1.50. The highest BCUT2D eigenvalue weighted by Crippen LogP contribution is 2.21. The third-order valence-corrected chi connectivity index (χ3v) is 4.80. The fourth-order valence-corrected chi connectivity index (χ4v) is 3.40. The summed E-state index contributed by atoms with van der Waals surface area (Å²) in [6.45, 7) is 5.67. The van der Waals surface area contributed by atoms with Crippen LogP contribution in [0.5, 0.6) is 5.75 Å². The summed E-state index contributed by atoms with van der Waals surface area (Å²) in [5, 5.41) is 0. The van der Waals surface area contributed by atoms with E-state index >= 15 is 0 Å². The first-order valence-corrected chi connectivity index (χ1v) is 8.45. The Kier molecular flexibility index (Phi) is 4.96. The number of rotatable bonds is 5. The van der Waals surface area contributed by atoms with Crippen LogP contribution in [0.3, 0.4) is 0 Å². The third-order valence-electron chi connectivity index (χ3n) is 4.80. The molecule has 1 aromatic carbocycles. The lowest BCUT2D eigenvalue weighted by Gasteiger charge is -2.37. The minimum atomic E-state index is 0.0465. The van der Waals surface area contributed by atoms with Crippen LogP contribution in [0.2, 0.25) is 0 Å². The molecule has 2 fully saturated rings. The van der Waals surface area contributed by atoms with Crippen LogP contribution in [0.25, 0.3) is 0 Å². The minimum Gasteiger partial charge on any atom is -0.484 e. The molecular weight excluding hydrogens is 292 g/mol. The van der Waals surface area contributed by atoms with Crippen molar-refractivity contribution < 1.29 is 14.3 Å². The van der Waals surface area contributed by atoms with Gasteiger partial charge in [0.05, 0.1) is 0 Å². The molecule has 2 heterocycles. The molecule has 0 aromatic heterocycles. The van der Waals surface area contributed by atoms with E-state index in [0.29, 0.717) is 23.8 Å². The lowest BCUT2D eigenvalue weighted by atomic mass is 10.1. The van der Waals surface area contributed by atoms with Crippen molar-refractivity contribution in [3.63, 3.8) is 0 Å². The molecule has 5 nitrogen and oxygen atoms in total. The normalized spacial score (nSPS) is 21.1. The van der Waals surface area contributed by atoms with E-state index in [1.807, 2.05) is 11.8 Å². The maximum absolute atomic E-state index is 12.3. The Morgan fingerprint density at radius 1 is 1.17 bits per heavy atom. The molecule has 23 heavy (non-hydrogen) atoms. The van der Waals surface area contributed by atoms with Gasteiger partial charge in [0.1, 0.15) is 5.75 Å². The highest BCUT2D eigenvalue weighted by Gasteiger charge is 2.32. The van der Waals surface area contributed by atoms with E-state index in [1.165, 1.54) is 19.4 Å². The number of nitrogens with zero attached hydrogens (tertiary/aromatic N) is 2. The van der Waals surface area contributed by atoms with Gasteiger partial charge in [-0.2, -0.15) is 0 Å². The van der Waals surface area contributed by atoms with Crippen molar-refractivity contribution in [2.75, 3.05) is 32.8 Å². The van der Waals surface area contributed by atoms with Crippen LogP contribution in [0.1, 0.15) is 36.5 Å². The number of amides is 1. The number of ether oxygens (including phenoxy) is 1. The van der Waals surface area contributed by atoms with Gasteiger partial charge in [-0.3, -0.25) is 14.5 Å². The average Bonchev–Trinajstić information content (AvgIpc) is 3.07. The summed E-state index contributed by atoms with van der Waals surface area (Å²) in [4.78, 5) is 28.3. The van der Waals surface area contributed by atoms with Crippen LogP contribution < -0.4 is 4.74 Å². The molecule has 1 aromatic rings. The topological polar surface area (TPSA) is 49.9 Å². The highest BCUT2D eigenvalue weighted by atomic mass is 16.5. The molecule has 0 N–H and O–H groups in total. The summed E-state index contributed by atoms with van der Waals surface area (Å²) in [5.74, 6) is 0.790. The predicted molar refractivity (Wildman–Crippen MR) is 87.7 cm³/mol. The van der Waals surface area contributed by atoms with Crippen molar-refractivity contribution in [2.24, 2.45) is 0 Å². The average molecular weight is 316 g/mol. The lowest BCUT2D eigenvalue weighted by molar-refractivity contribution is -0.135. The number of fused-ring (bicyclic) bond motifs is 1. The SMILES string of the molecule is CCC(=O)c1ccc(OCC(=O)N2CCN3CCC[C@@H]3C2)cc1. The Morgan fingerprint density at radius 3 is 2.70 bits per heavy atom. The molecule has 2 aliphatic rings. The number of ketones is 1. The van der Waals surface area contributed by atoms with Crippen LogP contribution >= 0.6 is 0 Å². The monoisotopic (exact) mass is 316 g/mol. The number of Topliss-reactive ketones (excluding diaryl/α,β-unsaturated/α-hetero) is 1. The first-order valence-electron chi connectivity index (χ1n) is 8.45. The van der Waals surface area contributed by atoms with Gasteiger partial charge >= 0.3 is 0 Å². The number of carbonyl (C=O) groups excluding carboxylic acids is 2. The third kappa shape index (κ3) is 3.72. The van der Waals surface area contributed by atoms with E-state index in [0.717, 1.165) is 19.6 Å². The molecule has 2 saturated heterocycles. The molecule has 0 saturated carbocycles. The van der Waals surface area contributed by atoms with E-state index in [4.69, 9.17) is 4.74 Å². The molecular formula is C18H24N2O3. The lowest BCUT2D eigenvalue weighted by Crippen LogP contribution is -2.53. The van der Waals surface area contributed by atoms with Gasteiger partial charge in [-0.25, -0.2) is 0 Å². The van der Waals surface area contributed by atoms with E-state index in [-0.39, 0.29) is 18.3 Å². The maximum atomic E-state index is 12.3. The van der Waals surface area contributed by atoms with Gasteiger partial charge in [-0.15, -0.1) is 0 Å². The van der Waals surface area contributed by atoms with Gasteiger partial charge in [0.15, 0.2) is 12.4 Å². The second kappa shape index (κ2) is 7.13. The first kappa shape index (κ1) is 16.0. The smallest absolute Gasteiger partial charge is 0.260 e. The minimum absolute atomic E-state index is 0.0465. The fraction of sp³-hybridized carbons (Fsp3) is 0.556. The van der Waals surface area contributed by atoms with Gasteiger partial charge in [-0.05, 0) is 43.7 Å². The summed E-state index contributed by atoms with van der Waals surface area (Å²) < 4.78 is 5.58. The van der Waals surface area contributed by atoms with E-state index in [2.05, 4.69) is 4.90 Å². The quantitative estimate of drug-likeness (QED) is 0.779. The van der Waals surface area contributed by atoms with Crippen LogP contribution in [0.15, 0.2) is 24.3 Å². The summed E-state index contributed by atoms with van der Waals surface area (Å²) in [6.07, 6.45) is 2.93. The number of hydrogen-bond acceptors (Lipinski definition) is 4. The Labute approximate surface area is 137 Å². The molecule has 124 valence electrons. The maximum Gasteiger partial charge on any atom is 0.260 e. The fourth-order valence-electron chi connectivity index (χ4n) is 3.40. The van der Waals surface area contributed by atoms with Crippen molar-refractivity contribution in [3.05, 3.63) is 29.8 Å². The first-order chi connectivity index (χ1) is 11.2. The number of benzene rings is 1. The molecule has 1 atom stereocenters. The summed E-state index contributed by atoms with van der Waals surface area (Å²) >= 11 is 0. The van der Waals surface area contributed by atoms with Crippen LogP contribution in [0.4, 0.5) is 0 Å². The van der Waals surface area contributed by atoms with Gasteiger partial charge in [-0.1, -0.05) is 6.92 Å². The van der Waals surface area contributed by atoms with Crippen molar-refractivity contribution in [1.29, 1.82) is 0 Å². The Morgan fingerprint density at radius 2 is 1.96 bits per heavy atom. The van der Waals surface area contributed by atoms with Crippen LogP contribution in [-0.4, -0.2) is 60.3 Å². The Bertz CT molecular complexity index is 570. The molecule has 0 unspecified atom stereocenters. The number of hydrogen-bond donors (Lipinski definition) is 0. The van der Waals surface area contributed by atoms with Crippen LogP contribution in [0, 0.1) is 0 Å². The van der Waals surface area contributed by atoms with Crippen molar-refractivity contribution in [1.82, 2.24) is 9.80 Å². The van der Waals surface area contributed by atoms with Gasteiger partial charge in [0.25, 0.3) is 5.91 Å². The van der Waals surface area contributed by atoms with E-state index in [1.54, 1.807) is 24.3 Å². The van der Waals surface area contributed by atoms with Gasteiger partial charge in [0, 0.05) is 37.7 Å². The zero-order valence-corrected chi connectivity index (χ0v) is 13.7. The van der Waals surface area contributed by atoms with Gasteiger partial charge < -0.3 is 9.64 Å². The summed E-state index contributed by atoms with van der Waals surface area (Å²) in [5.41, 5.74) is 0.684. The Hall–Kier alpha value is -1.88.